The van der Waals surface area contributed by atoms with Gasteiger partial charge in [0.2, 0.25) is 11.8 Å². The summed E-state index contributed by atoms with van der Waals surface area (Å²) in [7, 11) is 2.81. The highest BCUT2D eigenvalue weighted by molar-refractivity contribution is 5.94. The third-order valence-corrected chi connectivity index (χ3v) is 5.41. The molecule has 0 spiro atoms. The van der Waals surface area contributed by atoms with Crippen LogP contribution in [-0.4, -0.2) is 37.1 Å². The van der Waals surface area contributed by atoms with E-state index in [1.807, 2.05) is 73.7 Å². The average Bonchev–Trinajstić information content (AvgIpc) is 2.83. The summed E-state index contributed by atoms with van der Waals surface area (Å²) in [5.41, 5.74) is 1.33. The van der Waals surface area contributed by atoms with E-state index in [-0.39, 0.29) is 12.3 Å². The number of carbonyl (C=O) groups is 2. The maximum absolute atomic E-state index is 13.7. The molecule has 3 aromatic rings. The van der Waals surface area contributed by atoms with Crippen molar-refractivity contribution in [3.63, 3.8) is 0 Å². The van der Waals surface area contributed by atoms with E-state index < -0.39 is 17.4 Å². The molecular weight excluding hydrogens is 392 g/mol. The molecule has 2 aromatic carbocycles. The largest absolute Gasteiger partial charge is 0.481 e. The van der Waals surface area contributed by atoms with E-state index in [4.69, 9.17) is 9.47 Å². The molecule has 0 unspecified atom stereocenters. The number of rotatable bonds is 8. The second kappa shape index (κ2) is 9.89. The Bertz CT molecular complexity index is 982. The van der Waals surface area contributed by atoms with Crippen molar-refractivity contribution < 1.29 is 19.1 Å². The highest BCUT2D eigenvalue weighted by atomic mass is 16.5. The van der Waals surface area contributed by atoms with Gasteiger partial charge < -0.3 is 14.8 Å². The Hall–Kier alpha value is -3.67. The summed E-state index contributed by atoms with van der Waals surface area (Å²) >= 11 is 0. The molecule has 0 bridgehead atoms. The van der Waals surface area contributed by atoms with Gasteiger partial charge in [-0.1, -0.05) is 66.7 Å². The van der Waals surface area contributed by atoms with E-state index in [1.54, 1.807) is 12.3 Å². The molecule has 6 nitrogen and oxygen atoms in total. The molecule has 3 rings (SSSR count). The second-order valence-corrected chi connectivity index (χ2v) is 7.28. The van der Waals surface area contributed by atoms with Crippen LogP contribution in [0.1, 0.15) is 23.6 Å². The van der Waals surface area contributed by atoms with Crippen molar-refractivity contribution in [3.05, 3.63) is 95.7 Å². The van der Waals surface area contributed by atoms with Crippen LogP contribution in [0.15, 0.2) is 79.0 Å². The molecule has 6 heteroatoms. The van der Waals surface area contributed by atoms with Crippen LogP contribution in [0.4, 0.5) is 0 Å². The van der Waals surface area contributed by atoms with Gasteiger partial charge in [0, 0.05) is 18.2 Å². The Morgan fingerprint density at radius 2 is 1.52 bits per heavy atom. The first-order valence-electron chi connectivity index (χ1n) is 9.98. The lowest BCUT2D eigenvalue weighted by molar-refractivity contribution is -0.145. The fourth-order valence-electron chi connectivity index (χ4n) is 3.59. The van der Waals surface area contributed by atoms with Gasteiger partial charge in [0.25, 0.3) is 0 Å². The number of methoxy groups -OCH3 is 2. The molecule has 1 aromatic heterocycles. The SMILES string of the molecule is COC(=O)[C@@H](Cc1cccnc1OC)NC(=O)C(C)(c1ccccc1)c1ccccc1. The van der Waals surface area contributed by atoms with Crippen molar-refractivity contribution >= 4 is 11.9 Å². The molecule has 0 saturated carbocycles. The first kappa shape index (κ1) is 22.0. The smallest absolute Gasteiger partial charge is 0.328 e. The highest BCUT2D eigenvalue weighted by Crippen LogP contribution is 2.32. The van der Waals surface area contributed by atoms with E-state index in [0.717, 1.165) is 11.1 Å². The first-order chi connectivity index (χ1) is 15.0. The summed E-state index contributed by atoms with van der Waals surface area (Å²) in [5.74, 6) is -0.439. The van der Waals surface area contributed by atoms with Gasteiger partial charge in [0.15, 0.2) is 0 Å². The molecule has 1 N–H and O–H groups in total. The summed E-state index contributed by atoms with van der Waals surface area (Å²) < 4.78 is 10.3. The molecule has 0 aliphatic carbocycles. The average molecular weight is 418 g/mol. The van der Waals surface area contributed by atoms with Gasteiger partial charge in [-0.3, -0.25) is 4.79 Å². The Balaban J connectivity index is 1.97. The molecule has 160 valence electrons. The normalized spacial score (nSPS) is 12.0. The van der Waals surface area contributed by atoms with E-state index in [1.165, 1.54) is 14.2 Å². The minimum atomic E-state index is -1.01. The second-order valence-electron chi connectivity index (χ2n) is 7.28. The molecule has 0 aliphatic rings. The Morgan fingerprint density at radius 3 is 2.03 bits per heavy atom. The van der Waals surface area contributed by atoms with Gasteiger partial charge in [-0.05, 0) is 24.1 Å². The van der Waals surface area contributed by atoms with Gasteiger partial charge in [-0.15, -0.1) is 0 Å². The van der Waals surface area contributed by atoms with E-state index in [0.29, 0.717) is 11.4 Å². The van der Waals surface area contributed by atoms with Crippen LogP contribution in [0.2, 0.25) is 0 Å². The number of amides is 1. The minimum Gasteiger partial charge on any atom is -0.481 e. The lowest BCUT2D eigenvalue weighted by atomic mass is 9.75. The molecule has 1 amide bonds. The molecular formula is C25H26N2O4. The number of nitrogens with zero attached hydrogens (tertiary/aromatic N) is 1. The van der Waals surface area contributed by atoms with Crippen molar-refractivity contribution in [2.24, 2.45) is 0 Å². The number of ether oxygens (including phenoxy) is 2. The van der Waals surface area contributed by atoms with E-state index >= 15 is 0 Å². The zero-order valence-electron chi connectivity index (χ0n) is 17.9. The lowest BCUT2D eigenvalue weighted by Crippen LogP contribution is -2.51. The predicted octanol–water partition coefficient (Wildman–Crippen LogP) is 3.30. The van der Waals surface area contributed by atoms with Gasteiger partial charge in [0.1, 0.15) is 6.04 Å². The molecule has 0 radical (unpaired) electrons. The third kappa shape index (κ3) is 4.74. The number of esters is 1. The number of hydrogen-bond donors (Lipinski definition) is 1. The Morgan fingerprint density at radius 1 is 0.935 bits per heavy atom. The van der Waals surface area contributed by atoms with Crippen LogP contribution in [0.3, 0.4) is 0 Å². The topological polar surface area (TPSA) is 77.5 Å². The number of carbonyl (C=O) groups excluding carboxylic acids is 2. The van der Waals surface area contributed by atoms with Crippen molar-refractivity contribution in [2.75, 3.05) is 14.2 Å². The zero-order valence-corrected chi connectivity index (χ0v) is 17.9. The van der Waals surface area contributed by atoms with Crippen LogP contribution in [0.25, 0.3) is 0 Å². The number of nitrogens with one attached hydrogen (secondary N) is 1. The summed E-state index contributed by atoms with van der Waals surface area (Å²) in [6.07, 6.45) is 1.80. The van der Waals surface area contributed by atoms with Gasteiger partial charge in [-0.25, -0.2) is 9.78 Å². The zero-order chi connectivity index (χ0) is 22.3. The van der Waals surface area contributed by atoms with E-state index in [2.05, 4.69) is 10.3 Å². The fraction of sp³-hybridized carbons (Fsp3) is 0.240. The van der Waals surface area contributed by atoms with Crippen molar-refractivity contribution in [1.82, 2.24) is 10.3 Å². The van der Waals surface area contributed by atoms with Crippen LogP contribution >= 0.6 is 0 Å². The van der Waals surface area contributed by atoms with Crippen LogP contribution in [0.5, 0.6) is 5.88 Å². The van der Waals surface area contributed by atoms with E-state index in [9.17, 15) is 9.59 Å². The summed E-state index contributed by atoms with van der Waals surface area (Å²) in [6.45, 7) is 1.85. The Kier molecular flexibility index (Phi) is 7.03. The number of pyridine rings is 1. The van der Waals surface area contributed by atoms with Crippen LogP contribution < -0.4 is 10.1 Å². The number of aromatic nitrogens is 1. The molecule has 0 saturated heterocycles. The summed E-state index contributed by atoms with van der Waals surface area (Å²) in [6, 6.07) is 21.7. The molecule has 1 heterocycles. The first-order valence-corrected chi connectivity index (χ1v) is 9.98. The summed E-state index contributed by atoms with van der Waals surface area (Å²) in [5, 5.41) is 2.91. The molecule has 0 aliphatic heterocycles. The third-order valence-electron chi connectivity index (χ3n) is 5.41. The minimum absolute atomic E-state index is 0.190. The van der Waals surface area contributed by atoms with Crippen molar-refractivity contribution in [2.45, 2.75) is 24.8 Å². The van der Waals surface area contributed by atoms with Gasteiger partial charge >= 0.3 is 5.97 Å². The number of benzene rings is 2. The standard InChI is InChI=1S/C25H26N2O4/c1-25(19-12-6-4-7-13-19,20-14-8-5-9-15-20)24(29)27-21(23(28)31-3)17-18-11-10-16-26-22(18)30-2/h4-16,21H,17H2,1-3H3,(H,27,29)/t21-/m1/s1. The summed E-state index contributed by atoms with van der Waals surface area (Å²) in [4.78, 5) is 30.4. The maximum atomic E-state index is 13.7. The Labute approximate surface area is 182 Å². The van der Waals surface area contributed by atoms with Gasteiger partial charge in [-0.2, -0.15) is 0 Å². The lowest BCUT2D eigenvalue weighted by Gasteiger charge is -2.31. The van der Waals surface area contributed by atoms with Crippen LogP contribution in [0, 0.1) is 0 Å². The quantitative estimate of drug-likeness (QED) is 0.568. The maximum Gasteiger partial charge on any atom is 0.328 e. The highest BCUT2D eigenvalue weighted by Gasteiger charge is 2.39. The van der Waals surface area contributed by atoms with Gasteiger partial charge in [0.05, 0.1) is 19.6 Å². The molecule has 31 heavy (non-hydrogen) atoms. The predicted molar refractivity (Wildman–Crippen MR) is 118 cm³/mol. The van der Waals surface area contributed by atoms with Crippen LogP contribution in [-0.2, 0) is 26.2 Å². The van der Waals surface area contributed by atoms with Crippen molar-refractivity contribution in [3.8, 4) is 5.88 Å². The monoisotopic (exact) mass is 418 g/mol. The fourth-order valence-corrected chi connectivity index (χ4v) is 3.59. The molecule has 1 atom stereocenters. The molecule has 0 fully saturated rings. The number of hydrogen-bond acceptors (Lipinski definition) is 5. The van der Waals surface area contributed by atoms with Crippen molar-refractivity contribution in [1.29, 1.82) is 0 Å².